The first-order chi connectivity index (χ1) is 10.2. The fourth-order valence-electron chi connectivity index (χ4n) is 5.76. The van der Waals surface area contributed by atoms with Crippen LogP contribution in [0.1, 0.15) is 44.3 Å². The number of hydrogen-bond donors (Lipinski definition) is 0. The van der Waals surface area contributed by atoms with Crippen molar-refractivity contribution in [2.24, 2.45) is 23.2 Å². The topological polar surface area (TPSA) is 43.1 Å². The molecule has 110 valence electrons. The first-order valence-corrected chi connectivity index (χ1v) is 8.44. The van der Waals surface area contributed by atoms with Gasteiger partial charge in [-0.3, -0.25) is 0 Å². The van der Waals surface area contributed by atoms with Gasteiger partial charge in [-0.15, -0.1) is 10.2 Å². The highest BCUT2D eigenvalue weighted by molar-refractivity contribution is 6.29. The highest BCUT2D eigenvalue weighted by Crippen LogP contribution is 2.60. The zero-order valence-corrected chi connectivity index (χ0v) is 12.8. The van der Waals surface area contributed by atoms with Crippen molar-refractivity contribution >= 4 is 17.2 Å². The van der Waals surface area contributed by atoms with Gasteiger partial charge in [-0.1, -0.05) is 11.6 Å². The summed E-state index contributed by atoms with van der Waals surface area (Å²) >= 11 is 6.04. The molecule has 0 N–H and O–H groups in total. The maximum atomic E-state index is 6.04. The monoisotopic (exact) mass is 302 g/mol. The van der Waals surface area contributed by atoms with Crippen LogP contribution >= 0.6 is 11.6 Å². The Hall–Kier alpha value is -1.16. The second-order valence-electron chi connectivity index (χ2n) is 7.64. The van der Waals surface area contributed by atoms with Gasteiger partial charge in [-0.25, -0.2) is 0 Å². The van der Waals surface area contributed by atoms with Crippen molar-refractivity contribution in [1.29, 1.82) is 0 Å². The van der Waals surface area contributed by atoms with Crippen molar-refractivity contribution in [3.05, 3.63) is 23.1 Å². The molecule has 21 heavy (non-hydrogen) atoms. The van der Waals surface area contributed by atoms with E-state index in [-0.39, 0.29) is 0 Å². The van der Waals surface area contributed by atoms with E-state index in [1.165, 1.54) is 38.5 Å². The Morgan fingerprint density at radius 3 is 2.38 bits per heavy atom. The summed E-state index contributed by atoms with van der Waals surface area (Å²) in [6, 6.07) is 3.67. The smallest absolute Gasteiger partial charge is 0.178 e. The average molecular weight is 303 g/mol. The summed E-state index contributed by atoms with van der Waals surface area (Å²) in [5, 5.41) is 13.6. The van der Waals surface area contributed by atoms with Crippen LogP contribution in [0, 0.1) is 23.2 Å². The lowest BCUT2D eigenvalue weighted by atomic mass is 9.49. The largest absolute Gasteiger partial charge is 0.196 e. The summed E-state index contributed by atoms with van der Waals surface area (Å²) in [5.41, 5.74) is 1.26. The number of hydrogen-bond acceptors (Lipinski definition) is 3. The first kappa shape index (κ1) is 12.4. The van der Waals surface area contributed by atoms with Crippen LogP contribution in [0.15, 0.2) is 12.1 Å². The lowest BCUT2D eigenvalue weighted by Crippen LogP contribution is -2.47. The van der Waals surface area contributed by atoms with Gasteiger partial charge >= 0.3 is 0 Å². The summed E-state index contributed by atoms with van der Waals surface area (Å²) in [4.78, 5) is 0. The average Bonchev–Trinajstić information content (AvgIpc) is 2.79. The number of rotatable bonds is 2. The van der Waals surface area contributed by atoms with E-state index >= 15 is 0 Å². The fourth-order valence-corrected chi connectivity index (χ4v) is 5.90. The molecule has 4 aliphatic carbocycles. The molecular formula is C16H19ClN4. The SMILES string of the molecule is Clc1ccc2nnc(CC34CC5CC(CC(C5)C3)C4)n2n1. The summed E-state index contributed by atoms with van der Waals surface area (Å²) < 4.78 is 1.85. The van der Waals surface area contributed by atoms with Crippen LogP contribution in [0.25, 0.3) is 5.65 Å². The highest BCUT2D eigenvalue weighted by Gasteiger charge is 2.51. The van der Waals surface area contributed by atoms with Crippen LogP contribution in [0.3, 0.4) is 0 Å². The zero-order chi connectivity index (χ0) is 14.0. The van der Waals surface area contributed by atoms with E-state index in [1.807, 2.05) is 10.6 Å². The van der Waals surface area contributed by atoms with Gasteiger partial charge in [0.15, 0.2) is 11.5 Å². The lowest BCUT2D eigenvalue weighted by molar-refractivity contribution is -0.0533. The first-order valence-electron chi connectivity index (χ1n) is 8.06. The van der Waals surface area contributed by atoms with Gasteiger partial charge in [-0.2, -0.15) is 9.61 Å². The summed E-state index contributed by atoms with van der Waals surface area (Å²) in [5.74, 6) is 3.89. The molecule has 6 rings (SSSR count). The standard InChI is InChI=1S/C16H19ClN4/c17-13-1-2-14-18-19-15(21(14)20-13)9-16-6-10-3-11(7-16)5-12(4-10)8-16/h1-2,10-12H,3-9H2. The maximum Gasteiger partial charge on any atom is 0.178 e. The molecule has 2 aromatic rings. The van der Waals surface area contributed by atoms with Crippen LogP contribution in [-0.2, 0) is 6.42 Å². The molecule has 0 aliphatic heterocycles. The third-order valence-corrected chi connectivity index (χ3v) is 6.19. The van der Waals surface area contributed by atoms with Crippen LogP contribution in [-0.4, -0.2) is 19.8 Å². The molecule has 0 saturated heterocycles. The normalized spacial score (nSPS) is 37.5. The van der Waals surface area contributed by atoms with Gasteiger partial charge < -0.3 is 0 Å². The molecule has 0 spiro atoms. The van der Waals surface area contributed by atoms with E-state index in [0.717, 1.165) is 35.6 Å². The van der Waals surface area contributed by atoms with Gasteiger partial charge in [0.1, 0.15) is 5.15 Å². The Morgan fingerprint density at radius 2 is 1.71 bits per heavy atom. The number of nitrogens with zero attached hydrogens (tertiary/aromatic N) is 4. The molecule has 4 saturated carbocycles. The lowest BCUT2D eigenvalue weighted by Gasteiger charge is -2.56. The van der Waals surface area contributed by atoms with Crippen molar-refractivity contribution < 1.29 is 0 Å². The fraction of sp³-hybridized carbons (Fsp3) is 0.688. The second-order valence-corrected chi connectivity index (χ2v) is 8.02. The molecule has 4 aliphatic rings. The van der Waals surface area contributed by atoms with Gasteiger partial charge in [0.25, 0.3) is 0 Å². The predicted octanol–water partition coefficient (Wildman–Crippen LogP) is 3.54. The number of fused-ring (bicyclic) bond motifs is 1. The van der Waals surface area contributed by atoms with Crippen molar-refractivity contribution in [1.82, 2.24) is 19.8 Å². The molecule has 2 heterocycles. The molecule has 0 radical (unpaired) electrons. The minimum atomic E-state index is 0.460. The molecule has 0 unspecified atom stereocenters. The molecule has 4 nitrogen and oxygen atoms in total. The van der Waals surface area contributed by atoms with E-state index in [9.17, 15) is 0 Å². The molecular weight excluding hydrogens is 284 g/mol. The van der Waals surface area contributed by atoms with Crippen LogP contribution < -0.4 is 0 Å². The van der Waals surface area contributed by atoms with Crippen molar-refractivity contribution in [3.63, 3.8) is 0 Å². The third-order valence-electron chi connectivity index (χ3n) is 5.99. The van der Waals surface area contributed by atoms with Gasteiger partial charge in [0.2, 0.25) is 0 Å². The number of halogens is 1. The van der Waals surface area contributed by atoms with Crippen molar-refractivity contribution in [3.8, 4) is 0 Å². The third kappa shape index (κ3) is 1.91. The molecule has 2 aromatic heterocycles. The minimum absolute atomic E-state index is 0.460. The summed E-state index contributed by atoms with van der Waals surface area (Å²) in [6.45, 7) is 0. The van der Waals surface area contributed by atoms with Gasteiger partial charge in [-0.05, 0) is 73.8 Å². The Morgan fingerprint density at radius 1 is 1.05 bits per heavy atom. The molecule has 0 atom stereocenters. The van der Waals surface area contributed by atoms with Crippen molar-refractivity contribution in [2.45, 2.75) is 44.9 Å². The Labute approximate surface area is 128 Å². The Bertz CT molecular complexity index is 672. The summed E-state index contributed by atoms with van der Waals surface area (Å²) in [7, 11) is 0. The maximum absolute atomic E-state index is 6.04. The predicted molar refractivity (Wildman–Crippen MR) is 80.1 cm³/mol. The number of aromatic nitrogens is 4. The van der Waals surface area contributed by atoms with E-state index in [4.69, 9.17) is 11.6 Å². The second kappa shape index (κ2) is 4.19. The van der Waals surface area contributed by atoms with Gasteiger partial charge in [0.05, 0.1) is 0 Å². The highest BCUT2D eigenvalue weighted by atomic mass is 35.5. The van der Waals surface area contributed by atoms with Crippen LogP contribution in [0.2, 0.25) is 5.15 Å². The van der Waals surface area contributed by atoms with E-state index in [2.05, 4.69) is 15.3 Å². The van der Waals surface area contributed by atoms with Crippen LogP contribution in [0.4, 0.5) is 0 Å². The van der Waals surface area contributed by atoms with Crippen molar-refractivity contribution in [2.75, 3.05) is 0 Å². The summed E-state index contributed by atoms with van der Waals surface area (Å²) in [6.07, 6.45) is 9.60. The quantitative estimate of drug-likeness (QED) is 0.852. The molecule has 4 fully saturated rings. The molecule has 0 aromatic carbocycles. The zero-order valence-electron chi connectivity index (χ0n) is 12.0. The Balaban J connectivity index is 1.52. The molecule has 0 amide bonds. The van der Waals surface area contributed by atoms with E-state index < -0.39 is 0 Å². The molecule has 4 bridgehead atoms. The van der Waals surface area contributed by atoms with Crippen LogP contribution in [0.5, 0.6) is 0 Å². The Kier molecular flexibility index (Phi) is 2.47. The van der Waals surface area contributed by atoms with E-state index in [1.54, 1.807) is 6.07 Å². The molecule has 5 heteroatoms. The van der Waals surface area contributed by atoms with Gasteiger partial charge in [0, 0.05) is 6.42 Å². The minimum Gasteiger partial charge on any atom is -0.196 e. The van der Waals surface area contributed by atoms with E-state index in [0.29, 0.717) is 10.6 Å².